The van der Waals surface area contributed by atoms with Gasteiger partial charge in [-0.15, -0.1) is 0 Å². The molecule has 1 aromatic rings. The monoisotopic (exact) mass is 183 g/mol. The van der Waals surface area contributed by atoms with Crippen LogP contribution in [0.1, 0.15) is 31.1 Å². The Balaban J connectivity index is 2.08. The zero-order chi connectivity index (χ0) is 9.26. The van der Waals surface area contributed by atoms with Gasteiger partial charge in [-0.3, -0.25) is 0 Å². The SMILES string of the molecule is CCc1noc([C@@H]2C[C@H](O)CN2)n1. The lowest BCUT2D eigenvalue weighted by Gasteiger charge is -2.01. The molecule has 1 aromatic heterocycles. The van der Waals surface area contributed by atoms with Crippen LogP contribution >= 0.6 is 0 Å². The van der Waals surface area contributed by atoms with Crippen molar-refractivity contribution in [1.82, 2.24) is 15.5 Å². The predicted octanol–water partition coefficient (Wildman–Crippen LogP) is 0.0273. The van der Waals surface area contributed by atoms with Gasteiger partial charge in [-0.1, -0.05) is 12.1 Å². The Bertz CT molecular complexity index is 287. The van der Waals surface area contributed by atoms with Crippen molar-refractivity contribution < 1.29 is 9.63 Å². The summed E-state index contributed by atoms with van der Waals surface area (Å²) in [5, 5.41) is 16.2. The van der Waals surface area contributed by atoms with Crippen LogP contribution in [0.25, 0.3) is 0 Å². The highest BCUT2D eigenvalue weighted by molar-refractivity contribution is 4.97. The van der Waals surface area contributed by atoms with Gasteiger partial charge in [0.1, 0.15) is 0 Å². The summed E-state index contributed by atoms with van der Waals surface area (Å²) in [5.41, 5.74) is 0. The summed E-state index contributed by atoms with van der Waals surface area (Å²) in [5.74, 6) is 1.31. The van der Waals surface area contributed by atoms with E-state index in [9.17, 15) is 5.11 Å². The van der Waals surface area contributed by atoms with E-state index in [4.69, 9.17) is 4.52 Å². The second-order valence-corrected chi connectivity index (χ2v) is 3.25. The quantitative estimate of drug-likeness (QED) is 0.676. The van der Waals surface area contributed by atoms with E-state index in [1.165, 1.54) is 0 Å². The van der Waals surface area contributed by atoms with Gasteiger partial charge in [-0.05, 0) is 6.42 Å². The van der Waals surface area contributed by atoms with Crippen LogP contribution in [0.5, 0.6) is 0 Å². The van der Waals surface area contributed by atoms with Crippen LogP contribution in [0.15, 0.2) is 4.52 Å². The summed E-state index contributed by atoms with van der Waals surface area (Å²) in [7, 11) is 0. The van der Waals surface area contributed by atoms with E-state index in [0.717, 1.165) is 12.2 Å². The van der Waals surface area contributed by atoms with E-state index in [1.54, 1.807) is 0 Å². The molecule has 0 bridgehead atoms. The minimum absolute atomic E-state index is 0.0304. The van der Waals surface area contributed by atoms with Crippen molar-refractivity contribution in [2.75, 3.05) is 6.54 Å². The van der Waals surface area contributed by atoms with Crippen molar-refractivity contribution >= 4 is 0 Å². The lowest BCUT2D eigenvalue weighted by Crippen LogP contribution is -2.15. The Morgan fingerprint density at radius 1 is 1.69 bits per heavy atom. The van der Waals surface area contributed by atoms with Gasteiger partial charge >= 0.3 is 0 Å². The molecule has 1 saturated heterocycles. The molecule has 0 aromatic carbocycles. The maximum atomic E-state index is 9.27. The summed E-state index contributed by atoms with van der Waals surface area (Å²) in [6, 6.07) is 0.0304. The molecule has 5 heteroatoms. The highest BCUT2D eigenvalue weighted by Gasteiger charge is 2.27. The molecule has 1 aliphatic rings. The first-order valence-corrected chi connectivity index (χ1v) is 4.53. The number of aryl methyl sites for hydroxylation is 1. The van der Waals surface area contributed by atoms with E-state index in [0.29, 0.717) is 18.9 Å². The van der Waals surface area contributed by atoms with Crippen LogP contribution in [-0.2, 0) is 6.42 Å². The molecule has 0 spiro atoms. The molecule has 2 atom stereocenters. The molecule has 0 amide bonds. The van der Waals surface area contributed by atoms with E-state index in [2.05, 4.69) is 15.5 Å². The fourth-order valence-electron chi connectivity index (χ4n) is 1.46. The zero-order valence-electron chi connectivity index (χ0n) is 7.53. The molecular weight excluding hydrogens is 170 g/mol. The molecule has 72 valence electrons. The lowest BCUT2D eigenvalue weighted by atomic mass is 10.2. The van der Waals surface area contributed by atoms with Gasteiger partial charge < -0.3 is 14.9 Å². The maximum Gasteiger partial charge on any atom is 0.243 e. The topological polar surface area (TPSA) is 71.2 Å². The molecule has 0 saturated carbocycles. The Morgan fingerprint density at radius 2 is 2.54 bits per heavy atom. The van der Waals surface area contributed by atoms with Crippen molar-refractivity contribution in [1.29, 1.82) is 0 Å². The summed E-state index contributed by atoms with van der Waals surface area (Å²) >= 11 is 0. The Morgan fingerprint density at radius 3 is 3.08 bits per heavy atom. The fraction of sp³-hybridized carbons (Fsp3) is 0.750. The van der Waals surface area contributed by atoms with Crippen molar-refractivity contribution in [2.45, 2.75) is 31.9 Å². The summed E-state index contributed by atoms with van der Waals surface area (Å²) in [6.07, 6.45) is 1.14. The first-order valence-electron chi connectivity index (χ1n) is 4.53. The van der Waals surface area contributed by atoms with Gasteiger partial charge in [-0.25, -0.2) is 0 Å². The van der Waals surface area contributed by atoms with Gasteiger partial charge in [0.15, 0.2) is 5.82 Å². The first kappa shape index (κ1) is 8.65. The summed E-state index contributed by atoms with van der Waals surface area (Å²) < 4.78 is 5.05. The Hall–Kier alpha value is -0.940. The number of nitrogens with one attached hydrogen (secondary N) is 1. The number of β-amino-alcohol motifs (C(OH)–C–C–N with tert-alkyl or cyclic N) is 1. The fourth-order valence-corrected chi connectivity index (χ4v) is 1.46. The van der Waals surface area contributed by atoms with Gasteiger partial charge in [0, 0.05) is 13.0 Å². The average Bonchev–Trinajstić information content (AvgIpc) is 2.71. The Kier molecular flexibility index (Phi) is 2.28. The lowest BCUT2D eigenvalue weighted by molar-refractivity contribution is 0.191. The normalized spacial score (nSPS) is 28.2. The molecule has 0 unspecified atom stereocenters. The molecule has 13 heavy (non-hydrogen) atoms. The molecule has 0 aliphatic carbocycles. The molecule has 1 fully saturated rings. The molecule has 5 nitrogen and oxygen atoms in total. The second-order valence-electron chi connectivity index (χ2n) is 3.25. The Labute approximate surface area is 76.1 Å². The van der Waals surface area contributed by atoms with E-state index in [1.807, 2.05) is 6.92 Å². The van der Waals surface area contributed by atoms with Crippen molar-refractivity contribution in [3.05, 3.63) is 11.7 Å². The van der Waals surface area contributed by atoms with Crippen LogP contribution in [0.3, 0.4) is 0 Å². The minimum atomic E-state index is -0.290. The van der Waals surface area contributed by atoms with Crippen LogP contribution in [0, 0.1) is 0 Å². The molecular formula is C8H13N3O2. The molecule has 2 heterocycles. The smallest absolute Gasteiger partial charge is 0.243 e. The number of aliphatic hydroxyl groups is 1. The molecule has 2 N–H and O–H groups in total. The number of aromatic nitrogens is 2. The molecule has 0 radical (unpaired) electrons. The number of rotatable bonds is 2. The predicted molar refractivity (Wildman–Crippen MR) is 45.0 cm³/mol. The number of nitrogens with zero attached hydrogens (tertiary/aromatic N) is 2. The van der Waals surface area contributed by atoms with Crippen molar-refractivity contribution in [3.63, 3.8) is 0 Å². The van der Waals surface area contributed by atoms with Crippen LogP contribution in [0.2, 0.25) is 0 Å². The van der Waals surface area contributed by atoms with E-state index < -0.39 is 0 Å². The third-order valence-electron chi connectivity index (χ3n) is 2.21. The average molecular weight is 183 g/mol. The minimum Gasteiger partial charge on any atom is -0.392 e. The van der Waals surface area contributed by atoms with Crippen LogP contribution < -0.4 is 5.32 Å². The van der Waals surface area contributed by atoms with Crippen molar-refractivity contribution in [3.8, 4) is 0 Å². The largest absolute Gasteiger partial charge is 0.392 e. The third kappa shape index (κ3) is 1.71. The highest BCUT2D eigenvalue weighted by atomic mass is 16.5. The highest BCUT2D eigenvalue weighted by Crippen LogP contribution is 2.21. The standard InChI is InChI=1S/C8H13N3O2/c1-2-7-10-8(13-11-7)6-3-5(12)4-9-6/h5-6,9,12H,2-4H2,1H3/t5-,6-/m0/s1. The summed E-state index contributed by atoms with van der Waals surface area (Å²) in [6.45, 7) is 2.58. The van der Waals surface area contributed by atoms with Gasteiger partial charge in [-0.2, -0.15) is 4.98 Å². The van der Waals surface area contributed by atoms with Gasteiger partial charge in [0.05, 0.1) is 12.1 Å². The van der Waals surface area contributed by atoms with Crippen LogP contribution in [-0.4, -0.2) is 27.9 Å². The third-order valence-corrected chi connectivity index (χ3v) is 2.21. The van der Waals surface area contributed by atoms with Gasteiger partial charge in [0.2, 0.25) is 5.89 Å². The maximum absolute atomic E-state index is 9.27. The van der Waals surface area contributed by atoms with E-state index in [-0.39, 0.29) is 12.1 Å². The van der Waals surface area contributed by atoms with Gasteiger partial charge in [0.25, 0.3) is 0 Å². The first-order chi connectivity index (χ1) is 6.29. The van der Waals surface area contributed by atoms with E-state index >= 15 is 0 Å². The number of hydrogen-bond donors (Lipinski definition) is 2. The zero-order valence-corrected chi connectivity index (χ0v) is 7.53. The van der Waals surface area contributed by atoms with Crippen LogP contribution in [0.4, 0.5) is 0 Å². The number of hydrogen-bond acceptors (Lipinski definition) is 5. The number of aliphatic hydroxyl groups excluding tert-OH is 1. The summed E-state index contributed by atoms with van der Waals surface area (Å²) in [4.78, 5) is 4.19. The second kappa shape index (κ2) is 3.43. The van der Waals surface area contributed by atoms with Crippen molar-refractivity contribution in [2.24, 2.45) is 0 Å². The molecule has 1 aliphatic heterocycles. The molecule has 2 rings (SSSR count).